The van der Waals surface area contributed by atoms with E-state index < -0.39 is 0 Å². The SMILES string of the molecule is CCCC1(c2nc3cc(OC)ccc3n2CC)CCCN1. The van der Waals surface area contributed by atoms with Gasteiger partial charge in [-0.1, -0.05) is 13.3 Å². The summed E-state index contributed by atoms with van der Waals surface area (Å²) in [5.41, 5.74) is 2.30. The van der Waals surface area contributed by atoms with Crippen LogP contribution in [0.4, 0.5) is 0 Å². The summed E-state index contributed by atoms with van der Waals surface area (Å²) in [6.45, 7) is 6.49. The van der Waals surface area contributed by atoms with E-state index in [0.717, 1.165) is 30.8 Å². The highest BCUT2D eigenvalue weighted by atomic mass is 16.5. The molecule has 0 aliphatic carbocycles. The number of nitrogens with zero attached hydrogens (tertiary/aromatic N) is 2. The lowest BCUT2D eigenvalue weighted by molar-refractivity contribution is 0.324. The topological polar surface area (TPSA) is 39.1 Å². The predicted octanol–water partition coefficient (Wildman–Crippen LogP) is 3.44. The molecular weight excluding hydrogens is 262 g/mol. The minimum absolute atomic E-state index is 0.0526. The minimum Gasteiger partial charge on any atom is -0.497 e. The fourth-order valence-electron chi connectivity index (χ4n) is 3.67. The molecular formula is C17H25N3O. The Balaban J connectivity index is 2.16. The summed E-state index contributed by atoms with van der Waals surface area (Å²) in [6.07, 6.45) is 4.73. The van der Waals surface area contributed by atoms with Crippen LogP contribution in [0.2, 0.25) is 0 Å². The van der Waals surface area contributed by atoms with Crippen molar-refractivity contribution >= 4 is 11.0 Å². The van der Waals surface area contributed by atoms with Crippen LogP contribution in [0, 0.1) is 0 Å². The number of aryl methyl sites for hydroxylation is 1. The van der Waals surface area contributed by atoms with Crippen molar-refractivity contribution in [2.24, 2.45) is 0 Å². The van der Waals surface area contributed by atoms with Gasteiger partial charge in [0.2, 0.25) is 0 Å². The zero-order valence-corrected chi connectivity index (χ0v) is 13.3. The van der Waals surface area contributed by atoms with Crippen molar-refractivity contribution in [1.29, 1.82) is 0 Å². The summed E-state index contributed by atoms with van der Waals surface area (Å²) in [5, 5.41) is 3.74. The number of imidazole rings is 1. The van der Waals surface area contributed by atoms with Crippen LogP contribution in [-0.2, 0) is 12.1 Å². The second-order valence-electron chi connectivity index (χ2n) is 5.90. The Hall–Kier alpha value is -1.55. The van der Waals surface area contributed by atoms with Gasteiger partial charge in [0.1, 0.15) is 11.6 Å². The highest BCUT2D eigenvalue weighted by Crippen LogP contribution is 2.37. The summed E-state index contributed by atoms with van der Waals surface area (Å²) >= 11 is 0. The number of fused-ring (bicyclic) bond motifs is 1. The third kappa shape index (κ3) is 2.31. The Kier molecular flexibility index (Phi) is 3.89. The molecule has 1 aliphatic rings. The average molecular weight is 287 g/mol. The van der Waals surface area contributed by atoms with Crippen molar-refractivity contribution in [1.82, 2.24) is 14.9 Å². The maximum atomic E-state index is 5.34. The van der Waals surface area contributed by atoms with E-state index in [9.17, 15) is 0 Å². The van der Waals surface area contributed by atoms with Crippen molar-refractivity contribution in [2.45, 2.75) is 51.6 Å². The molecule has 0 saturated carbocycles. The first kappa shape index (κ1) is 14.4. The van der Waals surface area contributed by atoms with Gasteiger partial charge in [-0.15, -0.1) is 0 Å². The molecule has 4 heteroatoms. The number of benzene rings is 1. The van der Waals surface area contributed by atoms with Crippen molar-refractivity contribution in [2.75, 3.05) is 13.7 Å². The Morgan fingerprint density at radius 3 is 2.86 bits per heavy atom. The van der Waals surface area contributed by atoms with Crippen LogP contribution in [0.25, 0.3) is 11.0 Å². The number of ether oxygens (including phenoxy) is 1. The Morgan fingerprint density at radius 1 is 1.38 bits per heavy atom. The lowest BCUT2D eigenvalue weighted by atomic mass is 9.91. The van der Waals surface area contributed by atoms with Gasteiger partial charge in [0.25, 0.3) is 0 Å². The van der Waals surface area contributed by atoms with Gasteiger partial charge in [-0.05, 0) is 44.9 Å². The first-order valence-electron chi connectivity index (χ1n) is 8.04. The quantitative estimate of drug-likeness (QED) is 0.915. The van der Waals surface area contributed by atoms with Crippen molar-refractivity contribution in [3.05, 3.63) is 24.0 Å². The maximum Gasteiger partial charge on any atom is 0.130 e. The van der Waals surface area contributed by atoms with Crippen LogP contribution in [-0.4, -0.2) is 23.2 Å². The van der Waals surface area contributed by atoms with E-state index in [1.165, 1.54) is 30.6 Å². The fraction of sp³-hybridized carbons (Fsp3) is 0.588. The molecule has 2 heterocycles. The molecule has 1 fully saturated rings. The van der Waals surface area contributed by atoms with Crippen LogP contribution >= 0.6 is 0 Å². The van der Waals surface area contributed by atoms with Gasteiger partial charge in [-0.3, -0.25) is 0 Å². The molecule has 1 unspecified atom stereocenters. The third-order valence-electron chi connectivity index (χ3n) is 4.62. The van der Waals surface area contributed by atoms with Crippen LogP contribution < -0.4 is 10.1 Å². The molecule has 1 aromatic heterocycles. The highest BCUT2D eigenvalue weighted by Gasteiger charge is 2.38. The van der Waals surface area contributed by atoms with Crippen molar-refractivity contribution in [3.8, 4) is 5.75 Å². The molecule has 0 spiro atoms. The van der Waals surface area contributed by atoms with E-state index in [2.05, 4.69) is 29.8 Å². The summed E-state index contributed by atoms with van der Waals surface area (Å²) < 4.78 is 7.70. The van der Waals surface area contributed by atoms with E-state index in [1.807, 2.05) is 12.1 Å². The summed E-state index contributed by atoms with van der Waals surface area (Å²) in [5.74, 6) is 2.08. The smallest absolute Gasteiger partial charge is 0.130 e. The van der Waals surface area contributed by atoms with Crippen LogP contribution in [0.5, 0.6) is 5.75 Å². The van der Waals surface area contributed by atoms with Crippen LogP contribution in [0.1, 0.15) is 45.4 Å². The van der Waals surface area contributed by atoms with Gasteiger partial charge in [0.15, 0.2) is 0 Å². The summed E-state index contributed by atoms with van der Waals surface area (Å²) in [7, 11) is 1.70. The van der Waals surface area contributed by atoms with E-state index in [0.29, 0.717) is 0 Å². The predicted molar refractivity (Wildman–Crippen MR) is 85.8 cm³/mol. The van der Waals surface area contributed by atoms with Gasteiger partial charge in [-0.2, -0.15) is 0 Å². The molecule has 1 saturated heterocycles. The number of rotatable bonds is 5. The zero-order valence-electron chi connectivity index (χ0n) is 13.3. The van der Waals surface area contributed by atoms with Gasteiger partial charge in [0.05, 0.1) is 23.7 Å². The molecule has 0 amide bonds. The maximum absolute atomic E-state index is 5.34. The van der Waals surface area contributed by atoms with Gasteiger partial charge >= 0.3 is 0 Å². The normalized spacial score (nSPS) is 22.0. The number of hydrogen-bond donors (Lipinski definition) is 1. The zero-order chi connectivity index (χ0) is 14.9. The Labute approximate surface area is 126 Å². The standard InChI is InChI=1S/C17H25N3O/c1-4-9-17(10-6-11-18-17)16-19-14-12-13(21-3)7-8-15(14)20(16)5-2/h7-8,12,18H,4-6,9-11H2,1-3H3. The lowest BCUT2D eigenvalue weighted by Gasteiger charge is -2.29. The molecule has 0 radical (unpaired) electrons. The minimum atomic E-state index is 0.0526. The molecule has 1 N–H and O–H groups in total. The number of aromatic nitrogens is 2. The second-order valence-corrected chi connectivity index (χ2v) is 5.90. The average Bonchev–Trinajstić information content (AvgIpc) is 3.11. The third-order valence-corrected chi connectivity index (χ3v) is 4.62. The van der Waals surface area contributed by atoms with Gasteiger partial charge in [0, 0.05) is 12.6 Å². The van der Waals surface area contributed by atoms with Crippen molar-refractivity contribution < 1.29 is 4.74 Å². The second kappa shape index (κ2) is 5.68. The van der Waals surface area contributed by atoms with Crippen molar-refractivity contribution in [3.63, 3.8) is 0 Å². The number of nitrogens with one attached hydrogen (secondary N) is 1. The summed E-state index contributed by atoms with van der Waals surface area (Å²) in [4.78, 5) is 4.99. The highest BCUT2D eigenvalue weighted by molar-refractivity contribution is 5.78. The number of hydrogen-bond acceptors (Lipinski definition) is 3. The van der Waals surface area contributed by atoms with E-state index in [-0.39, 0.29) is 5.54 Å². The van der Waals surface area contributed by atoms with E-state index >= 15 is 0 Å². The molecule has 21 heavy (non-hydrogen) atoms. The molecule has 1 aromatic carbocycles. The van der Waals surface area contributed by atoms with E-state index in [1.54, 1.807) is 7.11 Å². The van der Waals surface area contributed by atoms with Crippen LogP contribution in [0.3, 0.4) is 0 Å². The monoisotopic (exact) mass is 287 g/mol. The summed E-state index contributed by atoms with van der Waals surface area (Å²) in [6, 6.07) is 6.19. The van der Waals surface area contributed by atoms with Gasteiger partial charge < -0.3 is 14.6 Å². The Bertz CT molecular complexity index is 626. The lowest BCUT2D eigenvalue weighted by Crippen LogP contribution is -2.39. The van der Waals surface area contributed by atoms with E-state index in [4.69, 9.17) is 9.72 Å². The number of methoxy groups -OCH3 is 1. The molecule has 4 nitrogen and oxygen atoms in total. The molecule has 114 valence electrons. The Morgan fingerprint density at radius 2 is 2.24 bits per heavy atom. The van der Waals surface area contributed by atoms with Gasteiger partial charge in [-0.25, -0.2) is 4.98 Å². The molecule has 1 aliphatic heterocycles. The molecule has 3 rings (SSSR count). The first-order chi connectivity index (χ1) is 10.2. The fourth-order valence-corrected chi connectivity index (χ4v) is 3.67. The molecule has 0 bridgehead atoms. The van der Waals surface area contributed by atoms with Crippen LogP contribution in [0.15, 0.2) is 18.2 Å². The molecule has 2 aromatic rings. The first-order valence-corrected chi connectivity index (χ1v) is 8.04. The largest absolute Gasteiger partial charge is 0.497 e. The molecule has 1 atom stereocenters.